The van der Waals surface area contributed by atoms with Crippen LogP contribution in [0, 0.1) is 0 Å². The fraction of sp³-hybridized carbons (Fsp3) is 0.167. The fourth-order valence-corrected chi connectivity index (χ4v) is 1.99. The minimum Gasteiger partial charge on any atom is -0.298 e. The molecule has 0 saturated carbocycles. The molecule has 0 N–H and O–H groups in total. The third-order valence-corrected chi connectivity index (χ3v) is 3.14. The van der Waals surface area contributed by atoms with Crippen molar-refractivity contribution >= 4 is 12.4 Å². The molecule has 2 rings (SSSR count). The molecule has 0 aliphatic carbocycles. The van der Waals surface area contributed by atoms with E-state index in [1.54, 1.807) is 0 Å². The average molecular weight is 250 g/mol. The van der Waals surface area contributed by atoms with Gasteiger partial charge in [0, 0.05) is 5.56 Å². The number of benzene rings is 2. The van der Waals surface area contributed by atoms with E-state index in [0.29, 0.717) is 5.56 Å². The molecule has 0 aromatic heterocycles. The SMILES string of the molecule is CCc1cccc(C/C=C/c2ccc(C=O)cc2)c1. The third kappa shape index (κ3) is 3.92. The normalized spacial score (nSPS) is 10.8. The van der Waals surface area contributed by atoms with Crippen LogP contribution in [0.25, 0.3) is 6.08 Å². The van der Waals surface area contributed by atoms with Crippen LogP contribution in [-0.4, -0.2) is 6.29 Å². The minimum atomic E-state index is 0.716. The predicted octanol–water partition coefficient (Wildman–Crippen LogP) is 4.32. The van der Waals surface area contributed by atoms with Crippen molar-refractivity contribution in [1.82, 2.24) is 0 Å². The lowest BCUT2D eigenvalue weighted by Crippen LogP contribution is -1.85. The highest BCUT2D eigenvalue weighted by Gasteiger charge is 1.93. The summed E-state index contributed by atoms with van der Waals surface area (Å²) in [6.07, 6.45) is 7.12. The zero-order valence-corrected chi connectivity index (χ0v) is 11.2. The number of carbonyl (C=O) groups excluding carboxylic acids is 1. The van der Waals surface area contributed by atoms with Gasteiger partial charge in [-0.15, -0.1) is 0 Å². The summed E-state index contributed by atoms with van der Waals surface area (Å²) in [5, 5.41) is 0. The van der Waals surface area contributed by atoms with Crippen LogP contribution in [0.1, 0.15) is 34.0 Å². The Kier molecular flexibility index (Phi) is 4.68. The van der Waals surface area contributed by atoms with Gasteiger partial charge in [-0.2, -0.15) is 0 Å². The summed E-state index contributed by atoms with van der Waals surface area (Å²) in [7, 11) is 0. The van der Waals surface area contributed by atoms with E-state index in [4.69, 9.17) is 0 Å². The number of aryl methyl sites for hydroxylation is 1. The molecule has 0 radical (unpaired) electrons. The molecule has 19 heavy (non-hydrogen) atoms. The molecule has 0 atom stereocenters. The van der Waals surface area contributed by atoms with E-state index in [2.05, 4.69) is 43.3 Å². The molecule has 0 saturated heterocycles. The Hall–Kier alpha value is -2.15. The van der Waals surface area contributed by atoms with Crippen molar-refractivity contribution in [3.8, 4) is 0 Å². The molecule has 96 valence electrons. The molecule has 2 aromatic carbocycles. The number of hydrogen-bond acceptors (Lipinski definition) is 1. The molecule has 0 unspecified atom stereocenters. The summed E-state index contributed by atoms with van der Waals surface area (Å²) in [5.74, 6) is 0. The highest BCUT2D eigenvalue weighted by atomic mass is 16.1. The standard InChI is InChI=1S/C18H18O/c1-2-15-5-3-7-17(13-15)8-4-6-16-9-11-18(14-19)12-10-16/h3-7,9-14H,2,8H2,1H3/b6-4+. The second kappa shape index (κ2) is 6.69. The van der Waals surface area contributed by atoms with Gasteiger partial charge in [0.15, 0.2) is 0 Å². The van der Waals surface area contributed by atoms with Gasteiger partial charge in [0.2, 0.25) is 0 Å². The lowest BCUT2D eigenvalue weighted by Gasteiger charge is -2.00. The average Bonchev–Trinajstić information content (AvgIpc) is 2.48. The van der Waals surface area contributed by atoms with Crippen LogP contribution < -0.4 is 0 Å². The molecule has 0 fully saturated rings. The van der Waals surface area contributed by atoms with Crippen LogP contribution in [-0.2, 0) is 12.8 Å². The van der Waals surface area contributed by atoms with Crippen molar-refractivity contribution in [3.05, 3.63) is 76.9 Å². The van der Waals surface area contributed by atoms with Gasteiger partial charge in [0.05, 0.1) is 0 Å². The molecule has 1 nitrogen and oxygen atoms in total. The van der Waals surface area contributed by atoms with E-state index in [9.17, 15) is 4.79 Å². The van der Waals surface area contributed by atoms with Crippen molar-refractivity contribution in [2.24, 2.45) is 0 Å². The lowest BCUT2D eigenvalue weighted by atomic mass is 10.1. The van der Waals surface area contributed by atoms with Gasteiger partial charge in [-0.25, -0.2) is 0 Å². The molecule has 0 aliphatic heterocycles. The first-order chi connectivity index (χ1) is 9.31. The van der Waals surface area contributed by atoms with Crippen molar-refractivity contribution in [1.29, 1.82) is 0 Å². The lowest BCUT2D eigenvalue weighted by molar-refractivity contribution is 0.112. The van der Waals surface area contributed by atoms with Gasteiger partial charge in [0.1, 0.15) is 6.29 Å². The Balaban J connectivity index is 2.00. The first-order valence-corrected chi connectivity index (χ1v) is 6.61. The van der Waals surface area contributed by atoms with Gasteiger partial charge >= 0.3 is 0 Å². The van der Waals surface area contributed by atoms with Crippen LogP contribution in [0.5, 0.6) is 0 Å². The summed E-state index contributed by atoms with van der Waals surface area (Å²) in [4.78, 5) is 10.6. The first-order valence-electron chi connectivity index (χ1n) is 6.61. The Morgan fingerprint density at radius 2 is 1.63 bits per heavy atom. The maximum Gasteiger partial charge on any atom is 0.150 e. The summed E-state index contributed by atoms with van der Waals surface area (Å²) < 4.78 is 0. The maximum atomic E-state index is 10.6. The molecule has 0 amide bonds. The molecule has 2 aromatic rings. The Labute approximate surface area is 114 Å². The van der Waals surface area contributed by atoms with Crippen molar-refractivity contribution in [2.75, 3.05) is 0 Å². The minimum absolute atomic E-state index is 0.716. The Morgan fingerprint density at radius 3 is 2.32 bits per heavy atom. The summed E-state index contributed by atoms with van der Waals surface area (Å²) in [6, 6.07) is 16.3. The van der Waals surface area contributed by atoms with E-state index in [1.807, 2.05) is 24.3 Å². The molecule has 0 bridgehead atoms. The first kappa shape index (κ1) is 13.3. The van der Waals surface area contributed by atoms with Crippen LogP contribution >= 0.6 is 0 Å². The molecular formula is C18H18O. The topological polar surface area (TPSA) is 17.1 Å². The molecule has 0 heterocycles. The highest BCUT2D eigenvalue weighted by Crippen LogP contribution is 2.09. The number of carbonyl (C=O) groups is 1. The van der Waals surface area contributed by atoms with Gasteiger partial charge in [0.25, 0.3) is 0 Å². The van der Waals surface area contributed by atoms with Crippen LogP contribution in [0.2, 0.25) is 0 Å². The fourth-order valence-electron chi connectivity index (χ4n) is 1.99. The van der Waals surface area contributed by atoms with E-state index in [0.717, 1.165) is 24.7 Å². The number of aldehydes is 1. The van der Waals surface area contributed by atoms with Crippen LogP contribution in [0.3, 0.4) is 0 Å². The van der Waals surface area contributed by atoms with Gasteiger partial charge in [-0.3, -0.25) is 4.79 Å². The second-order valence-corrected chi connectivity index (χ2v) is 4.56. The highest BCUT2D eigenvalue weighted by molar-refractivity contribution is 5.75. The quantitative estimate of drug-likeness (QED) is 0.722. The Morgan fingerprint density at radius 1 is 0.947 bits per heavy atom. The Bertz CT molecular complexity index is 564. The summed E-state index contributed by atoms with van der Waals surface area (Å²) in [5.41, 5.74) is 4.55. The van der Waals surface area contributed by atoms with Crippen molar-refractivity contribution < 1.29 is 4.79 Å². The number of allylic oxidation sites excluding steroid dienone is 1. The van der Waals surface area contributed by atoms with Gasteiger partial charge in [-0.1, -0.05) is 67.6 Å². The van der Waals surface area contributed by atoms with E-state index >= 15 is 0 Å². The monoisotopic (exact) mass is 250 g/mol. The number of hydrogen-bond donors (Lipinski definition) is 0. The summed E-state index contributed by atoms with van der Waals surface area (Å²) >= 11 is 0. The predicted molar refractivity (Wildman–Crippen MR) is 80.4 cm³/mol. The summed E-state index contributed by atoms with van der Waals surface area (Å²) in [6.45, 7) is 2.17. The zero-order chi connectivity index (χ0) is 13.5. The van der Waals surface area contributed by atoms with Crippen molar-refractivity contribution in [2.45, 2.75) is 19.8 Å². The molecule has 0 aliphatic rings. The van der Waals surface area contributed by atoms with Crippen LogP contribution in [0.15, 0.2) is 54.6 Å². The van der Waals surface area contributed by atoms with Crippen molar-refractivity contribution in [3.63, 3.8) is 0 Å². The van der Waals surface area contributed by atoms with Gasteiger partial charge < -0.3 is 0 Å². The third-order valence-electron chi connectivity index (χ3n) is 3.14. The molecule has 0 spiro atoms. The number of rotatable bonds is 5. The second-order valence-electron chi connectivity index (χ2n) is 4.56. The smallest absolute Gasteiger partial charge is 0.150 e. The van der Waals surface area contributed by atoms with E-state index in [1.165, 1.54) is 11.1 Å². The van der Waals surface area contributed by atoms with Gasteiger partial charge in [-0.05, 0) is 29.5 Å². The zero-order valence-electron chi connectivity index (χ0n) is 11.2. The van der Waals surface area contributed by atoms with E-state index in [-0.39, 0.29) is 0 Å². The maximum absolute atomic E-state index is 10.6. The van der Waals surface area contributed by atoms with Crippen LogP contribution in [0.4, 0.5) is 0 Å². The largest absolute Gasteiger partial charge is 0.298 e. The molecule has 1 heteroatoms. The van der Waals surface area contributed by atoms with E-state index < -0.39 is 0 Å². The molecular weight excluding hydrogens is 232 g/mol.